The molecule has 3 aromatic rings. The van der Waals surface area contributed by atoms with Crippen LogP contribution in [0.3, 0.4) is 0 Å². The molecular formula is C25H23ClN2O4. The van der Waals surface area contributed by atoms with Crippen molar-refractivity contribution in [3.05, 3.63) is 110 Å². The molecule has 0 spiro atoms. The maximum absolute atomic E-state index is 13.7. The maximum atomic E-state index is 13.7. The summed E-state index contributed by atoms with van der Waals surface area (Å²) in [4.78, 5) is 26.4. The largest absolute Gasteiger partial charge is 0.465 e. The Morgan fingerprint density at radius 2 is 1.91 bits per heavy atom. The minimum absolute atomic E-state index is 0.0813. The van der Waals surface area contributed by atoms with E-state index < -0.39 is 11.9 Å². The number of carbonyl (C=O) groups is 1. The topological polar surface area (TPSA) is 83.5 Å². The standard InChI is InChI=1S/C25H23ClN2O4/c1-15-13-19-21(24(29)28(15)12-11-16-7-4-3-5-8-16)20(17-9-6-10-18(26)14-17)22(23(27)32-19)25(30)31-2/h3-10,13-14,20H,11-12,27H2,1-2H3. The normalized spacial score (nSPS) is 15.2. The highest BCUT2D eigenvalue weighted by Gasteiger charge is 2.38. The Kier molecular flexibility index (Phi) is 6.06. The Bertz CT molecular complexity index is 1260. The molecule has 2 heterocycles. The summed E-state index contributed by atoms with van der Waals surface area (Å²) >= 11 is 6.22. The summed E-state index contributed by atoms with van der Waals surface area (Å²) in [6.07, 6.45) is 0.685. The number of benzene rings is 2. The average Bonchev–Trinajstić information content (AvgIpc) is 2.78. The van der Waals surface area contributed by atoms with Gasteiger partial charge in [-0.2, -0.15) is 0 Å². The Hall–Kier alpha value is -3.51. The number of fused-ring (bicyclic) bond motifs is 1. The monoisotopic (exact) mass is 450 g/mol. The number of methoxy groups -OCH3 is 1. The molecule has 164 valence electrons. The van der Waals surface area contributed by atoms with Crippen LogP contribution in [-0.4, -0.2) is 17.6 Å². The van der Waals surface area contributed by atoms with Crippen molar-refractivity contribution in [3.8, 4) is 5.75 Å². The van der Waals surface area contributed by atoms with Gasteiger partial charge in [-0.05, 0) is 36.6 Å². The summed E-state index contributed by atoms with van der Waals surface area (Å²) in [6.45, 7) is 2.33. The number of carbonyl (C=O) groups excluding carboxylic acids is 1. The molecule has 4 rings (SSSR count). The zero-order valence-corrected chi connectivity index (χ0v) is 18.6. The van der Waals surface area contributed by atoms with Crippen molar-refractivity contribution >= 4 is 17.6 Å². The van der Waals surface area contributed by atoms with E-state index >= 15 is 0 Å². The van der Waals surface area contributed by atoms with Crippen molar-refractivity contribution in [2.45, 2.75) is 25.8 Å². The van der Waals surface area contributed by atoms with Crippen LogP contribution in [0, 0.1) is 6.92 Å². The first kappa shape index (κ1) is 21.7. The molecule has 1 unspecified atom stereocenters. The van der Waals surface area contributed by atoms with E-state index in [1.807, 2.05) is 37.3 Å². The van der Waals surface area contributed by atoms with Crippen LogP contribution in [0.5, 0.6) is 5.75 Å². The first-order valence-electron chi connectivity index (χ1n) is 10.2. The minimum atomic E-state index is -0.763. The van der Waals surface area contributed by atoms with Crippen LogP contribution in [0.1, 0.15) is 28.3 Å². The molecular weight excluding hydrogens is 428 g/mol. The number of nitrogens with zero attached hydrogens (tertiary/aromatic N) is 1. The van der Waals surface area contributed by atoms with Crippen LogP contribution in [0.4, 0.5) is 0 Å². The molecule has 0 amide bonds. The molecule has 1 aliphatic heterocycles. The van der Waals surface area contributed by atoms with Gasteiger partial charge in [-0.25, -0.2) is 4.79 Å². The van der Waals surface area contributed by atoms with Crippen molar-refractivity contribution < 1.29 is 14.3 Å². The van der Waals surface area contributed by atoms with E-state index in [2.05, 4.69) is 0 Å². The second kappa shape index (κ2) is 8.93. The fourth-order valence-corrected chi connectivity index (χ4v) is 4.28. The zero-order chi connectivity index (χ0) is 22.8. The third-order valence-corrected chi connectivity index (χ3v) is 5.86. The van der Waals surface area contributed by atoms with Crippen molar-refractivity contribution in [2.24, 2.45) is 5.73 Å². The highest BCUT2D eigenvalue weighted by atomic mass is 35.5. The van der Waals surface area contributed by atoms with Crippen molar-refractivity contribution in [1.29, 1.82) is 0 Å². The van der Waals surface area contributed by atoms with Gasteiger partial charge < -0.3 is 19.8 Å². The summed E-state index contributed by atoms with van der Waals surface area (Å²) < 4.78 is 12.4. The van der Waals surface area contributed by atoms with E-state index in [0.717, 1.165) is 11.3 Å². The van der Waals surface area contributed by atoms with Gasteiger partial charge in [0.05, 0.1) is 18.6 Å². The van der Waals surface area contributed by atoms with Gasteiger partial charge in [0.15, 0.2) is 0 Å². The van der Waals surface area contributed by atoms with Gasteiger partial charge in [-0.15, -0.1) is 0 Å². The Balaban J connectivity index is 1.87. The molecule has 2 N–H and O–H groups in total. The molecule has 1 aliphatic rings. The number of ether oxygens (including phenoxy) is 2. The lowest BCUT2D eigenvalue weighted by atomic mass is 9.83. The van der Waals surface area contributed by atoms with E-state index in [0.29, 0.717) is 34.9 Å². The number of aromatic nitrogens is 1. The van der Waals surface area contributed by atoms with Gasteiger partial charge in [-0.1, -0.05) is 54.1 Å². The van der Waals surface area contributed by atoms with Crippen molar-refractivity contribution in [3.63, 3.8) is 0 Å². The van der Waals surface area contributed by atoms with E-state index in [9.17, 15) is 9.59 Å². The fraction of sp³-hybridized carbons (Fsp3) is 0.200. The minimum Gasteiger partial charge on any atom is -0.465 e. The Morgan fingerprint density at radius 1 is 1.16 bits per heavy atom. The number of rotatable bonds is 5. The second-order valence-electron chi connectivity index (χ2n) is 7.62. The van der Waals surface area contributed by atoms with Gasteiger partial charge in [0.1, 0.15) is 11.3 Å². The number of nitrogens with two attached hydrogens (primary N) is 1. The van der Waals surface area contributed by atoms with Crippen LogP contribution < -0.4 is 16.0 Å². The lowest BCUT2D eigenvalue weighted by Gasteiger charge is -2.29. The summed E-state index contributed by atoms with van der Waals surface area (Å²) in [5.74, 6) is -1.18. The number of hydrogen-bond donors (Lipinski definition) is 1. The summed E-state index contributed by atoms with van der Waals surface area (Å²) in [5, 5.41) is 0.481. The van der Waals surface area contributed by atoms with Crippen LogP contribution in [0.15, 0.2) is 76.9 Å². The lowest BCUT2D eigenvalue weighted by Crippen LogP contribution is -2.35. The number of pyridine rings is 1. The van der Waals surface area contributed by atoms with E-state index in [4.69, 9.17) is 26.8 Å². The van der Waals surface area contributed by atoms with Gasteiger partial charge >= 0.3 is 5.97 Å². The SMILES string of the molecule is COC(=O)C1=C(N)Oc2cc(C)n(CCc3ccccc3)c(=O)c2C1c1cccc(Cl)c1. The van der Waals surface area contributed by atoms with Gasteiger partial charge in [0.2, 0.25) is 5.88 Å². The van der Waals surface area contributed by atoms with Crippen LogP contribution >= 0.6 is 11.6 Å². The molecule has 2 aromatic carbocycles. The fourth-order valence-electron chi connectivity index (χ4n) is 4.08. The number of halogens is 1. The third kappa shape index (κ3) is 4.01. The third-order valence-electron chi connectivity index (χ3n) is 5.62. The predicted molar refractivity (Wildman–Crippen MR) is 123 cm³/mol. The quantitative estimate of drug-likeness (QED) is 0.595. The van der Waals surface area contributed by atoms with E-state index in [1.54, 1.807) is 34.9 Å². The molecule has 1 atom stereocenters. The van der Waals surface area contributed by atoms with Gasteiger partial charge in [-0.3, -0.25) is 4.79 Å². The van der Waals surface area contributed by atoms with Crippen LogP contribution in [0.2, 0.25) is 5.02 Å². The highest BCUT2D eigenvalue weighted by molar-refractivity contribution is 6.30. The van der Waals surface area contributed by atoms with E-state index in [-0.39, 0.29) is 17.0 Å². The number of hydrogen-bond acceptors (Lipinski definition) is 5. The maximum Gasteiger partial charge on any atom is 0.340 e. The zero-order valence-electron chi connectivity index (χ0n) is 17.8. The Morgan fingerprint density at radius 3 is 2.59 bits per heavy atom. The second-order valence-corrected chi connectivity index (χ2v) is 8.05. The van der Waals surface area contributed by atoms with E-state index in [1.165, 1.54) is 7.11 Å². The smallest absolute Gasteiger partial charge is 0.340 e. The Labute approximate surface area is 190 Å². The highest BCUT2D eigenvalue weighted by Crippen LogP contribution is 2.41. The predicted octanol–water partition coefficient (Wildman–Crippen LogP) is 3.92. The van der Waals surface area contributed by atoms with Gasteiger partial charge in [0, 0.05) is 23.3 Å². The van der Waals surface area contributed by atoms with Gasteiger partial charge in [0.25, 0.3) is 5.56 Å². The molecule has 0 radical (unpaired) electrons. The summed E-state index contributed by atoms with van der Waals surface area (Å²) in [6, 6.07) is 18.7. The number of aryl methyl sites for hydroxylation is 2. The molecule has 0 aliphatic carbocycles. The lowest BCUT2D eigenvalue weighted by molar-refractivity contribution is -0.136. The first-order valence-corrected chi connectivity index (χ1v) is 10.6. The molecule has 0 bridgehead atoms. The number of esters is 1. The average molecular weight is 451 g/mol. The van der Waals surface area contributed by atoms with Crippen LogP contribution in [-0.2, 0) is 22.5 Å². The van der Waals surface area contributed by atoms with Crippen LogP contribution in [0.25, 0.3) is 0 Å². The molecule has 0 fully saturated rings. The molecule has 0 saturated heterocycles. The summed E-state index contributed by atoms with van der Waals surface area (Å²) in [7, 11) is 1.26. The molecule has 1 aromatic heterocycles. The van der Waals surface area contributed by atoms with Crippen molar-refractivity contribution in [1.82, 2.24) is 4.57 Å². The molecule has 32 heavy (non-hydrogen) atoms. The molecule has 7 heteroatoms. The summed E-state index contributed by atoms with van der Waals surface area (Å²) in [5.41, 5.74) is 8.81. The van der Waals surface area contributed by atoms with Crippen molar-refractivity contribution in [2.75, 3.05) is 7.11 Å². The first-order chi connectivity index (χ1) is 15.4. The molecule has 6 nitrogen and oxygen atoms in total. The molecule has 0 saturated carbocycles.